The topological polar surface area (TPSA) is 94.3 Å². The number of hydrogen-bond donors (Lipinski definition) is 1. The zero-order valence-corrected chi connectivity index (χ0v) is 15.1. The summed E-state index contributed by atoms with van der Waals surface area (Å²) in [5.41, 5.74) is 1.60. The molecule has 0 aliphatic rings. The fourth-order valence-corrected chi connectivity index (χ4v) is 3.81. The van der Waals surface area contributed by atoms with Crippen LogP contribution in [-0.2, 0) is 11.3 Å². The minimum Gasteiger partial charge on any atom is -0.462 e. The molecule has 4 heterocycles. The van der Waals surface area contributed by atoms with Crippen LogP contribution in [0.4, 0.5) is 5.82 Å². The van der Waals surface area contributed by atoms with Gasteiger partial charge in [-0.3, -0.25) is 4.40 Å². The summed E-state index contributed by atoms with van der Waals surface area (Å²) in [5.74, 6) is 1.10. The fraction of sp³-hybridized carbons (Fsp3) is 0.235. The number of hydrogen-bond acceptors (Lipinski definition) is 8. The third-order valence-electron chi connectivity index (χ3n) is 3.99. The monoisotopic (exact) mass is 368 g/mol. The molecule has 0 bridgehead atoms. The molecule has 0 fully saturated rings. The van der Waals surface area contributed by atoms with Crippen LogP contribution in [0.1, 0.15) is 28.0 Å². The summed E-state index contributed by atoms with van der Waals surface area (Å²) >= 11 is 1.31. The molecule has 0 spiro atoms. The van der Waals surface area contributed by atoms with Crippen molar-refractivity contribution >= 4 is 39.0 Å². The van der Waals surface area contributed by atoms with Crippen molar-refractivity contribution in [2.24, 2.45) is 0 Å². The van der Waals surface area contributed by atoms with Gasteiger partial charge in [-0.05, 0) is 31.5 Å². The van der Waals surface area contributed by atoms with E-state index in [-0.39, 0.29) is 5.97 Å². The van der Waals surface area contributed by atoms with Crippen molar-refractivity contribution in [1.82, 2.24) is 24.6 Å². The highest BCUT2D eigenvalue weighted by Gasteiger charge is 2.20. The van der Waals surface area contributed by atoms with Crippen molar-refractivity contribution in [2.45, 2.75) is 20.4 Å². The van der Waals surface area contributed by atoms with Gasteiger partial charge in [0, 0.05) is 6.20 Å². The van der Waals surface area contributed by atoms with E-state index in [9.17, 15) is 4.79 Å². The lowest BCUT2D eigenvalue weighted by atomic mass is 10.2. The number of ether oxygens (including phenoxy) is 1. The van der Waals surface area contributed by atoms with Crippen LogP contribution in [0, 0.1) is 6.92 Å². The number of carbonyl (C=O) groups excluding carboxylic acids is 1. The Hall–Kier alpha value is -3.07. The fourth-order valence-electron chi connectivity index (χ4n) is 2.77. The Morgan fingerprint density at radius 1 is 1.31 bits per heavy atom. The number of esters is 1. The van der Waals surface area contributed by atoms with E-state index in [1.165, 1.54) is 17.7 Å². The summed E-state index contributed by atoms with van der Waals surface area (Å²) in [6.07, 6.45) is 3.40. The molecule has 0 saturated carbocycles. The maximum Gasteiger partial charge on any atom is 0.348 e. The molecule has 4 rings (SSSR count). The molecular formula is C17H16N6O2S. The number of rotatable bonds is 5. The molecule has 0 aliphatic heterocycles. The van der Waals surface area contributed by atoms with Crippen LogP contribution in [-0.4, -0.2) is 37.1 Å². The van der Waals surface area contributed by atoms with E-state index in [4.69, 9.17) is 4.74 Å². The minimum atomic E-state index is -0.331. The molecule has 0 atom stereocenters. The van der Waals surface area contributed by atoms with Crippen LogP contribution in [0.15, 0.2) is 30.7 Å². The molecule has 4 aromatic rings. The number of fused-ring (bicyclic) bond motifs is 2. The summed E-state index contributed by atoms with van der Waals surface area (Å²) in [6.45, 7) is 4.45. The maximum absolute atomic E-state index is 12.1. The second-order valence-corrected chi connectivity index (χ2v) is 6.58. The Bertz CT molecular complexity index is 1100. The molecule has 132 valence electrons. The van der Waals surface area contributed by atoms with Gasteiger partial charge in [0.2, 0.25) is 0 Å². The van der Waals surface area contributed by atoms with Crippen LogP contribution in [0.25, 0.3) is 15.9 Å². The number of pyridine rings is 1. The summed E-state index contributed by atoms with van der Waals surface area (Å²) in [6, 6.07) is 5.74. The molecule has 9 heteroatoms. The molecule has 4 aromatic heterocycles. The summed E-state index contributed by atoms with van der Waals surface area (Å²) in [5, 5.41) is 12.5. The zero-order valence-electron chi connectivity index (χ0n) is 14.3. The first-order valence-corrected chi connectivity index (χ1v) is 8.94. The van der Waals surface area contributed by atoms with E-state index in [0.29, 0.717) is 23.8 Å². The van der Waals surface area contributed by atoms with E-state index in [0.717, 1.165) is 27.3 Å². The highest BCUT2D eigenvalue weighted by atomic mass is 32.1. The number of nitrogens with one attached hydrogen (secondary N) is 1. The third kappa shape index (κ3) is 2.76. The van der Waals surface area contributed by atoms with Crippen molar-refractivity contribution in [2.75, 3.05) is 11.9 Å². The van der Waals surface area contributed by atoms with E-state index in [1.807, 2.05) is 35.7 Å². The minimum absolute atomic E-state index is 0.331. The van der Waals surface area contributed by atoms with Gasteiger partial charge in [0.25, 0.3) is 0 Å². The van der Waals surface area contributed by atoms with Gasteiger partial charge in [0.15, 0.2) is 11.5 Å². The van der Waals surface area contributed by atoms with Gasteiger partial charge in [0.1, 0.15) is 21.9 Å². The quantitative estimate of drug-likeness (QED) is 0.541. The smallest absolute Gasteiger partial charge is 0.348 e. The van der Waals surface area contributed by atoms with Gasteiger partial charge in [-0.25, -0.2) is 14.8 Å². The van der Waals surface area contributed by atoms with E-state index in [2.05, 4.69) is 25.5 Å². The van der Waals surface area contributed by atoms with Crippen molar-refractivity contribution in [3.8, 4) is 0 Å². The van der Waals surface area contributed by atoms with Crippen LogP contribution in [0.3, 0.4) is 0 Å². The van der Waals surface area contributed by atoms with Crippen LogP contribution < -0.4 is 5.32 Å². The molecule has 0 aromatic carbocycles. The number of aromatic nitrogens is 5. The number of anilines is 1. The Kier molecular flexibility index (Phi) is 4.21. The maximum atomic E-state index is 12.1. The van der Waals surface area contributed by atoms with Crippen molar-refractivity contribution < 1.29 is 9.53 Å². The lowest BCUT2D eigenvalue weighted by Crippen LogP contribution is -2.06. The van der Waals surface area contributed by atoms with E-state index >= 15 is 0 Å². The van der Waals surface area contributed by atoms with Crippen LogP contribution in [0.2, 0.25) is 0 Å². The Morgan fingerprint density at radius 2 is 2.19 bits per heavy atom. The second-order valence-electron chi connectivity index (χ2n) is 5.58. The zero-order chi connectivity index (χ0) is 18.1. The predicted molar refractivity (Wildman–Crippen MR) is 98.4 cm³/mol. The van der Waals surface area contributed by atoms with Crippen LogP contribution >= 0.6 is 11.3 Å². The van der Waals surface area contributed by atoms with Gasteiger partial charge < -0.3 is 10.1 Å². The van der Waals surface area contributed by atoms with Crippen molar-refractivity contribution in [3.05, 3.63) is 47.0 Å². The highest BCUT2D eigenvalue weighted by Crippen LogP contribution is 2.33. The number of aryl methyl sites for hydroxylation is 1. The predicted octanol–water partition coefficient (Wildman–Crippen LogP) is 2.83. The first-order chi connectivity index (χ1) is 12.7. The van der Waals surface area contributed by atoms with Gasteiger partial charge in [-0.15, -0.1) is 21.5 Å². The molecule has 0 unspecified atom stereocenters. The summed E-state index contributed by atoms with van der Waals surface area (Å²) in [7, 11) is 0. The highest BCUT2D eigenvalue weighted by molar-refractivity contribution is 7.20. The molecule has 26 heavy (non-hydrogen) atoms. The number of nitrogens with zero attached hydrogens (tertiary/aromatic N) is 5. The lowest BCUT2D eigenvalue weighted by molar-refractivity contribution is 0.0531. The molecule has 0 aliphatic carbocycles. The standard InChI is InChI=1S/C17H16N6O2S/c1-3-25-17(24)14-10(2)13-15(19-9-20-16(13)26-14)18-8-12-22-21-11-6-4-5-7-23(11)12/h4-7,9H,3,8H2,1-2H3,(H,18,19,20). The Morgan fingerprint density at radius 3 is 3.04 bits per heavy atom. The van der Waals surface area contributed by atoms with Crippen molar-refractivity contribution in [1.29, 1.82) is 0 Å². The first-order valence-electron chi connectivity index (χ1n) is 8.12. The van der Waals surface area contributed by atoms with E-state index in [1.54, 1.807) is 6.92 Å². The van der Waals surface area contributed by atoms with Gasteiger partial charge in [-0.1, -0.05) is 6.07 Å². The normalized spacial score (nSPS) is 11.2. The molecule has 1 N–H and O–H groups in total. The van der Waals surface area contributed by atoms with Crippen molar-refractivity contribution in [3.63, 3.8) is 0 Å². The third-order valence-corrected chi connectivity index (χ3v) is 5.17. The Labute approximate surface area is 152 Å². The summed E-state index contributed by atoms with van der Waals surface area (Å²) in [4.78, 5) is 22.1. The Balaban J connectivity index is 1.67. The van der Waals surface area contributed by atoms with Gasteiger partial charge in [-0.2, -0.15) is 0 Å². The number of thiophene rings is 1. The molecule has 0 saturated heterocycles. The van der Waals surface area contributed by atoms with Gasteiger partial charge >= 0.3 is 5.97 Å². The SMILES string of the molecule is CCOC(=O)c1sc2ncnc(NCc3nnc4ccccn34)c2c1C. The first kappa shape index (κ1) is 16.4. The average molecular weight is 368 g/mol. The average Bonchev–Trinajstić information content (AvgIpc) is 3.22. The molecule has 8 nitrogen and oxygen atoms in total. The second kappa shape index (κ2) is 6.68. The molecule has 0 radical (unpaired) electrons. The lowest BCUT2D eigenvalue weighted by Gasteiger charge is -2.06. The van der Waals surface area contributed by atoms with E-state index < -0.39 is 0 Å². The largest absolute Gasteiger partial charge is 0.462 e. The van der Waals surface area contributed by atoms with Gasteiger partial charge in [0.05, 0.1) is 18.5 Å². The molecule has 0 amide bonds. The van der Waals surface area contributed by atoms with Crippen LogP contribution in [0.5, 0.6) is 0 Å². The number of carbonyl (C=O) groups is 1. The summed E-state index contributed by atoms with van der Waals surface area (Å²) < 4.78 is 7.04. The molecular weight excluding hydrogens is 352 g/mol.